The molecular formula is C25H25FN4O5. The maximum absolute atomic E-state index is 14.5. The molecule has 1 amide bonds. The molecule has 35 heavy (non-hydrogen) atoms. The summed E-state index contributed by atoms with van der Waals surface area (Å²) in [5.41, 5.74) is 6.75. The van der Waals surface area contributed by atoms with E-state index in [1.54, 1.807) is 33.0 Å². The molecule has 10 heteroatoms. The van der Waals surface area contributed by atoms with Crippen LogP contribution >= 0.6 is 0 Å². The zero-order valence-electron chi connectivity index (χ0n) is 19.6. The highest BCUT2D eigenvalue weighted by Gasteiger charge is 2.45. The zero-order valence-corrected chi connectivity index (χ0v) is 19.6. The Morgan fingerprint density at radius 3 is 2.74 bits per heavy atom. The van der Waals surface area contributed by atoms with Crippen LogP contribution in [0.5, 0.6) is 0 Å². The van der Waals surface area contributed by atoms with E-state index in [9.17, 15) is 23.9 Å². The number of nitrogens with zero attached hydrogens (tertiary/aromatic N) is 3. The van der Waals surface area contributed by atoms with Crippen LogP contribution in [-0.4, -0.2) is 45.0 Å². The van der Waals surface area contributed by atoms with Gasteiger partial charge < -0.3 is 25.0 Å². The van der Waals surface area contributed by atoms with Crippen molar-refractivity contribution in [2.24, 2.45) is 5.73 Å². The first-order valence-electron chi connectivity index (χ1n) is 11.3. The van der Waals surface area contributed by atoms with Gasteiger partial charge in [-0.05, 0) is 36.6 Å². The lowest BCUT2D eigenvalue weighted by Crippen LogP contribution is -2.44. The number of aliphatic hydroxyl groups is 1. The van der Waals surface area contributed by atoms with Crippen LogP contribution in [0.15, 0.2) is 23.0 Å². The minimum Gasteiger partial charge on any atom is -0.458 e. The summed E-state index contributed by atoms with van der Waals surface area (Å²) in [6, 6.07) is 4.62. The zero-order chi connectivity index (χ0) is 25.2. The fourth-order valence-electron chi connectivity index (χ4n) is 4.95. The van der Waals surface area contributed by atoms with Gasteiger partial charge in [-0.1, -0.05) is 6.92 Å². The van der Waals surface area contributed by atoms with Crippen LogP contribution in [0.2, 0.25) is 0 Å². The molecule has 3 N–H and O–H groups in total. The molecule has 0 aliphatic carbocycles. The van der Waals surface area contributed by atoms with Crippen molar-refractivity contribution in [1.29, 1.82) is 0 Å². The van der Waals surface area contributed by atoms with E-state index in [0.717, 1.165) is 5.56 Å². The molecule has 1 aromatic carbocycles. The minimum atomic E-state index is -1.94. The molecule has 182 valence electrons. The molecule has 0 saturated carbocycles. The van der Waals surface area contributed by atoms with E-state index in [1.165, 1.54) is 15.5 Å². The summed E-state index contributed by atoms with van der Waals surface area (Å²) in [6.45, 7) is 3.25. The molecule has 5 rings (SSSR count). The Balaban J connectivity index is 1.80. The molecule has 3 aromatic rings. The molecule has 0 fully saturated rings. The van der Waals surface area contributed by atoms with Crippen LogP contribution in [0.1, 0.15) is 41.2 Å². The highest BCUT2D eigenvalue weighted by Crippen LogP contribution is 2.40. The third-order valence-electron chi connectivity index (χ3n) is 7.08. The first-order valence-corrected chi connectivity index (χ1v) is 11.3. The number of carbonyl (C=O) groups excluding carboxylic acids is 2. The minimum absolute atomic E-state index is 0.0292. The Kier molecular flexibility index (Phi) is 5.26. The van der Waals surface area contributed by atoms with Crippen molar-refractivity contribution in [1.82, 2.24) is 14.5 Å². The van der Waals surface area contributed by atoms with Crippen molar-refractivity contribution in [3.63, 3.8) is 0 Å². The van der Waals surface area contributed by atoms with E-state index in [4.69, 9.17) is 10.5 Å². The predicted octanol–water partition coefficient (Wildman–Crippen LogP) is 1.44. The summed E-state index contributed by atoms with van der Waals surface area (Å²) in [5.74, 6) is -1.50. The number of halogens is 1. The molecule has 2 aliphatic heterocycles. The van der Waals surface area contributed by atoms with Gasteiger partial charge in [0.15, 0.2) is 5.60 Å². The van der Waals surface area contributed by atoms with Crippen molar-refractivity contribution in [2.45, 2.75) is 45.6 Å². The number of cyclic esters (lactones) is 1. The second kappa shape index (κ2) is 7.96. The van der Waals surface area contributed by atoms with Gasteiger partial charge in [-0.15, -0.1) is 0 Å². The molecular weight excluding hydrogens is 455 g/mol. The second-order valence-corrected chi connectivity index (χ2v) is 9.09. The van der Waals surface area contributed by atoms with Crippen molar-refractivity contribution < 1.29 is 23.8 Å². The average Bonchev–Trinajstić information content (AvgIpc) is 3.21. The number of hydrogen-bond donors (Lipinski definition) is 2. The summed E-state index contributed by atoms with van der Waals surface area (Å²) < 4.78 is 21.1. The van der Waals surface area contributed by atoms with Crippen molar-refractivity contribution in [3.8, 4) is 11.4 Å². The molecule has 2 aliphatic rings. The molecule has 0 unspecified atom stereocenters. The van der Waals surface area contributed by atoms with E-state index < -0.39 is 22.9 Å². The lowest BCUT2D eigenvalue weighted by molar-refractivity contribution is -0.172. The number of likely N-dealkylation sites (N-methyl/N-ethyl adjacent to an activating group) is 1. The molecule has 1 atom stereocenters. The monoisotopic (exact) mass is 480 g/mol. The van der Waals surface area contributed by atoms with Gasteiger partial charge in [-0.2, -0.15) is 0 Å². The summed E-state index contributed by atoms with van der Waals surface area (Å²) >= 11 is 0. The number of pyridine rings is 2. The number of aryl methyl sites for hydroxylation is 1. The molecule has 9 nitrogen and oxygen atoms in total. The van der Waals surface area contributed by atoms with Crippen LogP contribution in [0, 0.1) is 12.7 Å². The molecule has 2 aromatic heterocycles. The van der Waals surface area contributed by atoms with E-state index in [1.807, 2.05) is 0 Å². The van der Waals surface area contributed by atoms with Gasteiger partial charge in [0.2, 0.25) is 5.91 Å². The quantitative estimate of drug-likeness (QED) is 0.423. The number of rotatable bonds is 4. The van der Waals surface area contributed by atoms with Crippen LogP contribution in [0.4, 0.5) is 4.39 Å². The Morgan fingerprint density at radius 1 is 1.31 bits per heavy atom. The van der Waals surface area contributed by atoms with Gasteiger partial charge in [0.05, 0.1) is 35.6 Å². The van der Waals surface area contributed by atoms with Gasteiger partial charge in [-0.25, -0.2) is 14.2 Å². The number of nitrogens with two attached hydrogens (primary N) is 1. The number of amides is 1. The van der Waals surface area contributed by atoms with Crippen molar-refractivity contribution in [2.75, 3.05) is 13.6 Å². The fraction of sp³-hybridized carbons (Fsp3) is 0.360. The Hall–Kier alpha value is -3.63. The molecule has 0 bridgehead atoms. The van der Waals surface area contributed by atoms with Crippen molar-refractivity contribution >= 4 is 22.8 Å². The van der Waals surface area contributed by atoms with Crippen LogP contribution in [0.25, 0.3) is 22.3 Å². The average molecular weight is 480 g/mol. The van der Waals surface area contributed by atoms with Crippen LogP contribution in [0.3, 0.4) is 0 Å². The van der Waals surface area contributed by atoms with Gasteiger partial charge in [-0.3, -0.25) is 9.59 Å². The number of fused-ring (bicyclic) bond motifs is 5. The number of hydrogen-bond acceptors (Lipinski definition) is 7. The number of ether oxygens (including phenoxy) is 1. The Labute approximate surface area is 199 Å². The lowest BCUT2D eigenvalue weighted by Gasteiger charge is -2.31. The van der Waals surface area contributed by atoms with E-state index in [2.05, 4.69) is 4.98 Å². The summed E-state index contributed by atoms with van der Waals surface area (Å²) in [5, 5.41) is 11.7. The number of esters is 1. The van der Waals surface area contributed by atoms with Crippen molar-refractivity contribution in [3.05, 3.63) is 62.2 Å². The second-order valence-electron chi connectivity index (χ2n) is 9.09. The first-order chi connectivity index (χ1) is 16.6. The van der Waals surface area contributed by atoms with Gasteiger partial charge in [0.1, 0.15) is 12.4 Å². The van der Waals surface area contributed by atoms with E-state index in [-0.39, 0.29) is 49.7 Å². The van der Waals surface area contributed by atoms with Crippen LogP contribution < -0.4 is 11.3 Å². The van der Waals surface area contributed by atoms with Gasteiger partial charge >= 0.3 is 5.97 Å². The third kappa shape index (κ3) is 3.28. The maximum atomic E-state index is 14.5. The highest BCUT2D eigenvalue weighted by molar-refractivity contribution is 5.90. The summed E-state index contributed by atoms with van der Waals surface area (Å²) in [6.07, 6.45) is 0.0292. The molecule has 0 radical (unpaired) electrons. The van der Waals surface area contributed by atoms with E-state index >= 15 is 0 Å². The summed E-state index contributed by atoms with van der Waals surface area (Å²) in [7, 11) is 1.63. The fourth-order valence-corrected chi connectivity index (χ4v) is 4.95. The number of aromatic nitrogens is 2. The van der Waals surface area contributed by atoms with Gasteiger partial charge in [0, 0.05) is 36.2 Å². The molecule has 0 saturated heterocycles. The van der Waals surface area contributed by atoms with E-state index in [0.29, 0.717) is 33.4 Å². The Bertz CT molecular complexity index is 1500. The maximum Gasteiger partial charge on any atom is 0.343 e. The van der Waals surface area contributed by atoms with Gasteiger partial charge in [0.25, 0.3) is 5.56 Å². The SMILES string of the molecule is CC[C@@]1(O)C(=O)OCc2c1cc1n(c2=O)Cc2c-1nc1cc(F)c(C)cc1c2CN(C)C(=O)CN. The number of benzene rings is 1. The first kappa shape index (κ1) is 23.1. The number of carbonyl (C=O) groups is 2. The Morgan fingerprint density at radius 2 is 2.06 bits per heavy atom. The third-order valence-corrected chi connectivity index (χ3v) is 7.08. The molecule has 0 spiro atoms. The smallest absolute Gasteiger partial charge is 0.343 e. The van der Waals surface area contributed by atoms with Crippen LogP contribution in [-0.2, 0) is 39.6 Å². The normalized spacial score (nSPS) is 18.2. The predicted molar refractivity (Wildman–Crippen MR) is 125 cm³/mol. The topological polar surface area (TPSA) is 128 Å². The summed E-state index contributed by atoms with van der Waals surface area (Å²) in [4.78, 5) is 44.3. The highest BCUT2D eigenvalue weighted by atomic mass is 19.1. The lowest BCUT2D eigenvalue weighted by atomic mass is 9.86. The largest absolute Gasteiger partial charge is 0.458 e. The standard InChI is InChI=1S/C25H25FN4O5/c1-4-25(34)17-6-20-22-15(10-30(20)23(32)16(17)11-35-24(25)33)14(9-29(3)21(31)8-27)13-5-12(2)18(26)7-19(13)28-22/h5-7,34H,4,8-11,27H2,1-3H3/t25-/m0/s1. The molecule has 4 heterocycles.